The highest BCUT2D eigenvalue weighted by atomic mass is 79.9. The fraction of sp³-hybridized carbons (Fsp3) is 0.107. The van der Waals surface area contributed by atoms with Crippen LogP contribution in [0.5, 0.6) is 11.5 Å². The Kier molecular flexibility index (Phi) is 6.75. The Balaban J connectivity index is 1.54. The largest absolute Gasteiger partial charge is 0.496 e. The van der Waals surface area contributed by atoms with Gasteiger partial charge in [0.1, 0.15) is 17.1 Å². The number of fused-ring (bicyclic) bond motifs is 1. The highest BCUT2D eigenvalue weighted by molar-refractivity contribution is 9.10. The van der Waals surface area contributed by atoms with Crippen molar-refractivity contribution >= 4 is 57.4 Å². The van der Waals surface area contributed by atoms with E-state index in [9.17, 15) is 24.0 Å². The number of carbonyl (C=O) groups excluding carboxylic acids is 5. The van der Waals surface area contributed by atoms with E-state index in [1.165, 1.54) is 26.4 Å². The average molecular weight is 590 g/mol. The van der Waals surface area contributed by atoms with Gasteiger partial charge in [-0.2, -0.15) is 0 Å². The van der Waals surface area contributed by atoms with E-state index < -0.39 is 29.7 Å². The van der Waals surface area contributed by atoms with E-state index >= 15 is 0 Å². The van der Waals surface area contributed by atoms with E-state index in [1.54, 1.807) is 54.6 Å². The number of hydrogen-bond donors (Lipinski definition) is 1. The van der Waals surface area contributed by atoms with Gasteiger partial charge >= 0.3 is 6.03 Å². The van der Waals surface area contributed by atoms with Crippen molar-refractivity contribution in [3.05, 3.63) is 93.0 Å². The summed E-state index contributed by atoms with van der Waals surface area (Å²) in [4.78, 5) is 66.4. The molecule has 3 aromatic rings. The molecule has 11 heteroatoms. The summed E-state index contributed by atoms with van der Waals surface area (Å²) >= 11 is 3.31. The monoisotopic (exact) mass is 589 g/mol. The lowest BCUT2D eigenvalue weighted by Gasteiger charge is -2.26. The Morgan fingerprint density at radius 2 is 1.44 bits per heavy atom. The third-order valence-electron chi connectivity index (χ3n) is 6.33. The summed E-state index contributed by atoms with van der Waals surface area (Å²) in [6.45, 7) is -0.126. The maximum absolute atomic E-state index is 13.3. The first-order valence-corrected chi connectivity index (χ1v) is 12.4. The zero-order valence-corrected chi connectivity index (χ0v) is 22.3. The molecule has 39 heavy (non-hydrogen) atoms. The molecule has 0 aliphatic carbocycles. The van der Waals surface area contributed by atoms with E-state index in [0.29, 0.717) is 28.0 Å². The van der Waals surface area contributed by atoms with Crippen LogP contribution in [0.1, 0.15) is 31.8 Å². The summed E-state index contributed by atoms with van der Waals surface area (Å²) in [6, 6.07) is 15.2. The molecular weight excluding hydrogens is 570 g/mol. The molecule has 0 unspecified atom stereocenters. The Morgan fingerprint density at radius 1 is 0.821 bits per heavy atom. The van der Waals surface area contributed by atoms with Crippen molar-refractivity contribution in [1.82, 2.24) is 10.2 Å². The Hall–Kier alpha value is -4.77. The molecule has 6 amide bonds. The molecular formula is C28H20BrN3O7. The fourth-order valence-electron chi connectivity index (χ4n) is 4.42. The van der Waals surface area contributed by atoms with E-state index in [1.807, 2.05) is 0 Å². The molecule has 5 rings (SSSR count). The van der Waals surface area contributed by atoms with Gasteiger partial charge in [-0.1, -0.05) is 28.1 Å². The minimum absolute atomic E-state index is 0.126. The number of halogens is 1. The van der Waals surface area contributed by atoms with Gasteiger partial charge in [0.25, 0.3) is 23.6 Å². The second kappa shape index (κ2) is 10.2. The molecule has 0 spiro atoms. The highest BCUT2D eigenvalue weighted by Gasteiger charge is 2.38. The molecule has 2 aliphatic rings. The molecule has 0 atom stereocenters. The van der Waals surface area contributed by atoms with E-state index in [4.69, 9.17) is 9.47 Å². The molecule has 2 aliphatic heterocycles. The van der Waals surface area contributed by atoms with Crippen LogP contribution in [-0.4, -0.2) is 48.8 Å². The minimum atomic E-state index is -0.877. The zero-order valence-electron chi connectivity index (χ0n) is 20.7. The zero-order chi connectivity index (χ0) is 27.8. The van der Waals surface area contributed by atoms with Gasteiger partial charge in [-0.3, -0.25) is 29.4 Å². The minimum Gasteiger partial charge on any atom is -0.496 e. The number of barbiturate groups is 1. The summed E-state index contributed by atoms with van der Waals surface area (Å²) in [5, 5.41) is 2.18. The molecule has 3 aromatic carbocycles. The normalized spacial score (nSPS) is 16.1. The molecule has 0 radical (unpaired) electrons. The summed E-state index contributed by atoms with van der Waals surface area (Å²) in [5.41, 5.74) is 1.30. The van der Waals surface area contributed by atoms with Gasteiger partial charge < -0.3 is 9.47 Å². The molecule has 1 saturated heterocycles. The number of rotatable bonds is 6. The maximum atomic E-state index is 13.3. The molecule has 10 nitrogen and oxygen atoms in total. The summed E-state index contributed by atoms with van der Waals surface area (Å²) in [5.74, 6) is -2.00. The Labute approximate surface area is 230 Å². The van der Waals surface area contributed by atoms with Crippen molar-refractivity contribution in [2.45, 2.75) is 6.54 Å². The predicted molar refractivity (Wildman–Crippen MR) is 143 cm³/mol. The van der Waals surface area contributed by atoms with Crippen LogP contribution in [0.3, 0.4) is 0 Å². The van der Waals surface area contributed by atoms with Crippen LogP contribution in [0.4, 0.5) is 10.5 Å². The van der Waals surface area contributed by atoms with Crippen LogP contribution in [-0.2, 0) is 16.1 Å². The van der Waals surface area contributed by atoms with E-state index in [2.05, 4.69) is 21.2 Å². The van der Waals surface area contributed by atoms with E-state index in [0.717, 1.165) is 14.3 Å². The van der Waals surface area contributed by atoms with Crippen LogP contribution in [0.2, 0.25) is 0 Å². The summed E-state index contributed by atoms with van der Waals surface area (Å²) in [6.07, 6.45) is 1.29. The van der Waals surface area contributed by atoms with Crippen molar-refractivity contribution in [2.75, 3.05) is 19.1 Å². The summed E-state index contributed by atoms with van der Waals surface area (Å²) < 4.78 is 11.7. The fourth-order valence-corrected chi connectivity index (χ4v) is 4.68. The Bertz CT molecular complexity index is 1560. The van der Waals surface area contributed by atoms with Gasteiger partial charge in [0.05, 0.1) is 37.6 Å². The quantitative estimate of drug-likeness (QED) is 0.262. The Morgan fingerprint density at radius 3 is 2.03 bits per heavy atom. The number of ether oxygens (including phenoxy) is 2. The van der Waals surface area contributed by atoms with Crippen LogP contribution >= 0.6 is 15.9 Å². The first-order chi connectivity index (χ1) is 18.7. The number of methoxy groups -OCH3 is 2. The molecule has 0 bridgehead atoms. The maximum Gasteiger partial charge on any atom is 0.335 e. The number of nitrogens with one attached hydrogen (secondary N) is 1. The van der Waals surface area contributed by atoms with Crippen LogP contribution < -0.4 is 19.7 Å². The molecule has 0 aromatic heterocycles. The van der Waals surface area contributed by atoms with Crippen LogP contribution in [0, 0.1) is 0 Å². The van der Waals surface area contributed by atoms with E-state index in [-0.39, 0.29) is 23.6 Å². The second-order valence-electron chi connectivity index (χ2n) is 8.58. The number of carbonyl (C=O) groups is 5. The second-order valence-corrected chi connectivity index (χ2v) is 9.50. The third kappa shape index (κ3) is 4.57. The molecule has 1 N–H and O–H groups in total. The molecule has 196 valence electrons. The van der Waals surface area contributed by atoms with Gasteiger partial charge in [-0.25, -0.2) is 9.69 Å². The average Bonchev–Trinajstić information content (AvgIpc) is 3.17. The lowest BCUT2D eigenvalue weighted by molar-refractivity contribution is -0.122. The van der Waals surface area contributed by atoms with Crippen molar-refractivity contribution in [1.29, 1.82) is 0 Å². The van der Waals surface area contributed by atoms with Gasteiger partial charge in [-0.15, -0.1) is 0 Å². The van der Waals surface area contributed by atoms with Gasteiger partial charge in [0.15, 0.2) is 0 Å². The molecule has 0 saturated carbocycles. The summed E-state index contributed by atoms with van der Waals surface area (Å²) in [7, 11) is 2.83. The lowest BCUT2D eigenvalue weighted by atomic mass is 10.0. The van der Waals surface area contributed by atoms with Crippen LogP contribution in [0.15, 0.2) is 70.7 Å². The third-order valence-corrected chi connectivity index (χ3v) is 6.85. The van der Waals surface area contributed by atoms with Crippen molar-refractivity contribution < 1.29 is 33.4 Å². The number of hydrogen-bond acceptors (Lipinski definition) is 7. The number of urea groups is 1. The van der Waals surface area contributed by atoms with Crippen molar-refractivity contribution in [3.63, 3.8) is 0 Å². The lowest BCUT2D eigenvalue weighted by Crippen LogP contribution is -2.54. The molecule has 1 fully saturated rings. The smallest absolute Gasteiger partial charge is 0.335 e. The number of imide groups is 3. The van der Waals surface area contributed by atoms with Gasteiger partial charge in [0.2, 0.25) is 0 Å². The first-order valence-electron chi connectivity index (χ1n) is 11.6. The van der Waals surface area contributed by atoms with Gasteiger partial charge in [-0.05, 0) is 48.5 Å². The SMILES string of the molecule is COc1cc(OC)c(CN2C(=O)c3ccccc3C2=O)cc1/C=C1\C(=O)NC(=O)N(c2ccc(Br)cc2)C1=O. The van der Waals surface area contributed by atoms with Crippen LogP contribution in [0.25, 0.3) is 6.08 Å². The highest BCUT2D eigenvalue weighted by Crippen LogP contribution is 2.34. The first kappa shape index (κ1) is 25.9. The molecule has 2 heterocycles. The standard InChI is InChI=1S/C28H20BrN3O7/c1-38-22-13-23(39-2)16(14-31-25(34)19-5-3-4-6-20(19)26(31)35)11-15(22)12-21-24(33)30-28(37)32(27(21)36)18-9-7-17(29)8-10-18/h3-13H,14H2,1-2H3,(H,30,33,37)/b21-12+. The number of nitrogens with zero attached hydrogens (tertiary/aromatic N) is 2. The van der Waals surface area contributed by atoms with Gasteiger partial charge in [0, 0.05) is 21.7 Å². The van der Waals surface area contributed by atoms with Crippen molar-refractivity contribution in [2.24, 2.45) is 0 Å². The number of anilines is 1. The number of amides is 6. The number of benzene rings is 3. The van der Waals surface area contributed by atoms with Crippen molar-refractivity contribution in [3.8, 4) is 11.5 Å². The topological polar surface area (TPSA) is 122 Å². The predicted octanol–water partition coefficient (Wildman–Crippen LogP) is 3.93.